The van der Waals surface area contributed by atoms with Gasteiger partial charge >= 0.3 is 5.97 Å². The first-order valence-electron chi connectivity index (χ1n) is 7.76. The van der Waals surface area contributed by atoms with Crippen LogP contribution in [0.15, 0.2) is 36.4 Å². The molecule has 0 spiro atoms. The van der Waals surface area contributed by atoms with Crippen LogP contribution in [0, 0.1) is 20.8 Å². The molecule has 0 saturated carbocycles. The molecule has 4 nitrogen and oxygen atoms in total. The number of aromatic carboxylic acids is 1. The summed E-state index contributed by atoms with van der Waals surface area (Å²) in [5.41, 5.74) is 4.15. The summed E-state index contributed by atoms with van der Waals surface area (Å²) in [6, 6.07) is 11.5. The Bertz CT molecular complexity index is 675. The van der Waals surface area contributed by atoms with Crippen molar-refractivity contribution in [1.29, 1.82) is 0 Å². The first kappa shape index (κ1) is 16.9. The molecule has 0 aliphatic heterocycles. The van der Waals surface area contributed by atoms with E-state index in [1.54, 1.807) is 6.07 Å². The lowest BCUT2D eigenvalue weighted by Gasteiger charge is -2.13. The number of benzene rings is 2. The topological polar surface area (TPSA) is 58.6 Å². The van der Waals surface area contributed by atoms with Crippen molar-refractivity contribution in [2.24, 2.45) is 0 Å². The van der Waals surface area contributed by atoms with Gasteiger partial charge in [0.05, 0.1) is 12.2 Å². The fourth-order valence-electron chi connectivity index (χ4n) is 2.49. The van der Waals surface area contributed by atoms with Crippen molar-refractivity contribution in [1.82, 2.24) is 0 Å². The number of carbonyl (C=O) groups is 1. The molecular formula is C19H23NO3. The number of rotatable bonds is 7. The largest absolute Gasteiger partial charge is 0.493 e. The number of carboxylic acid groups (broad SMARTS) is 1. The molecule has 2 N–H and O–H groups in total. The smallest absolute Gasteiger partial charge is 0.337 e. The van der Waals surface area contributed by atoms with E-state index < -0.39 is 5.97 Å². The van der Waals surface area contributed by atoms with Crippen LogP contribution in [0.1, 0.15) is 33.5 Å². The summed E-state index contributed by atoms with van der Waals surface area (Å²) in [5.74, 6) is 0.0250. The van der Waals surface area contributed by atoms with Gasteiger partial charge in [-0.2, -0.15) is 0 Å². The Morgan fingerprint density at radius 1 is 1.13 bits per heavy atom. The maximum absolute atomic E-state index is 11.3. The summed E-state index contributed by atoms with van der Waals surface area (Å²) in [5, 5.41) is 12.4. The number of para-hydroxylation sites is 1. The number of hydrogen-bond acceptors (Lipinski definition) is 3. The summed E-state index contributed by atoms with van der Waals surface area (Å²) in [6.45, 7) is 7.20. The van der Waals surface area contributed by atoms with E-state index in [1.807, 2.05) is 51.1 Å². The second kappa shape index (κ2) is 7.68. The summed E-state index contributed by atoms with van der Waals surface area (Å²) in [6.07, 6.45) is 0.792. The zero-order chi connectivity index (χ0) is 16.8. The molecule has 2 rings (SSSR count). The van der Waals surface area contributed by atoms with Gasteiger partial charge in [-0.05, 0) is 50.5 Å². The zero-order valence-electron chi connectivity index (χ0n) is 13.8. The van der Waals surface area contributed by atoms with Gasteiger partial charge in [-0.25, -0.2) is 4.79 Å². The van der Waals surface area contributed by atoms with Crippen molar-refractivity contribution >= 4 is 11.7 Å². The predicted molar refractivity (Wildman–Crippen MR) is 92.7 cm³/mol. The van der Waals surface area contributed by atoms with E-state index in [-0.39, 0.29) is 0 Å². The maximum atomic E-state index is 11.3. The molecule has 0 aromatic heterocycles. The molecule has 0 unspecified atom stereocenters. The number of carboxylic acids is 1. The molecule has 0 saturated heterocycles. The monoisotopic (exact) mass is 313 g/mol. The van der Waals surface area contributed by atoms with Crippen LogP contribution < -0.4 is 10.1 Å². The zero-order valence-corrected chi connectivity index (χ0v) is 13.8. The normalized spacial score (nSPS) is 10.4. The molecule has 0 atom stereocenters. The quantitative estimate of drug-likeness (QED) is 0.752. The van der Waals surface area contributed by atoms with Crippen molar-refractivity contribution in [3.8, 4) is 5.75 Å². The van der Waals surface area contributed by atoms with Gasteiger partial charge in [0.25, 0.3) is 0 Å². The van der Waals surface area contributed by atoms with Gasteiger partial charge in [-0.1, -0.05) is 29.8 Å². The Morgan fingerprint density at radius 3 is 2.48 bits per heavy atom. The lowest BCUT2D eigenvalue weighted by molar-refractivity contribution is 0.0698. The number of hydrogen-bond donors (Lipinski definition) is 2. The van der Waals surface area contributed by atoms with E-state index in [0.29, 0.717) is 24.4 Å². The standard InChI is InChI=1S/C19H23NO3/c1-13-8-9-17(16(12-13)19(21)22)20-10-5-11-23-18-14(2)6-4-7-15(18)3/h4,6-9,12,20H,5,10-11H2,1-3H3,(H,21,22). The summed E-state index contributed by atoms with van der Waals surface area (Å²) in [7, 11) is 0. The third-order valence-corrected chi connectivity index (χ3v) is 3.70. The molecule has 122 valence electrons. The molecule has 2 aromatic carbocycles. The minimum Gasteiger partial charge on any atom is -0.493 e. The minimum atomic E-state index is -0.914. The molecule has 0 heterocycles. The Hall–Kier alpha value is -2.49. The highest BCUT2D eigenvalue weighted by atomic mass is 16.5. The Labute approximate surface area is 137 Å². The predicted octanol–water partition coefficient (Wildman–Crippen LogP) is 4.19. The first-order valence-corrected chi connectivity index (χ1v) is 7.76. The molecule has 2 aromatic rings. The van der Waals surface area contributed by atoms with Crippen LogP contribution in [0.4, 0.5) is 5.69 Å². The third kappa shape index (κ3) is 4.49. The molecular weight excluding hydrogens is 290 g/mol. The van der Waals surface area contributed by atoms with Crippen molar-refractivity contribution < 1.29 is 14.6 Å². The van der Waals surface area contributed by atoms with Crippen LogP contribution in [-0.2, 0) is 0 Å². The van der Waals surface area contributed by atoms with E-state index in [0.717, 1.165) is 28.9 Å². The van der Waals surface area contributed by atoms with Gasteiger partial charge in [0.15, 0.2) is 0 Å². The summed E-state index contributed by atoms with van der Waals surface area (Å²) in [4.78, 5) is 11.3. The minimum absolute atomic E-state index is 0.306. The van der Waals surface area contributed by atoms with Gasteiger partial charge < -0.3 is 15.2 Å². The van der Waals surface area contributed by atoms with Gasteiger partial charge in [0.1, 0.15) is 5.75 Å². The Balaban J connectivity index is 1.86. The van der Waals surface area contributed by atoms with Crippen molar-refractivity contribution in [2.45, 2.75) is 27.2 Å². The number of nitrogens with one attached hydrogen (secondary N) is 1. The van der Waals surface area contributed by atoms with Crippen molar-refractivity contribution in [2.75, 3.05) is 18.5 Å². The Kier molecular flexibility index (Phi) is 5.63. The first-order chi connectivity index (χ1) is 11.0. The van der Waals surface area contributed by atoms with Crippen molar-refractivity contribution in [3.63, 3.8) is 0 Å². The highest BCUT2D eigenvalue weighted by molar-refractivity contribution is 5.94. The van der Waals surface area contributed by atoms with Gasteiger partial charge in [-0.3, -0.25) is 0 Å². The Morgan fingerprint density at radius 2 is 1.83 bits per heavy atom. The van der Waals surface area contributed by atoms with E-state index in [2.05, 4.69) is 5.32 Å². The molecule has 4 heteroatoms. The lowest BCUT2D eigenvalue weighted by atomic mass is 10.1. The van der Waals surface area contributed by atoms with Crippen LogP contribution in [0.5, 0.6) is 5.75 Å². The van der Waals surface area contributed by atoms with E-state index in [1.165, 1.54) is 0 Å². The van der Waals surface area contributed by atoms with Gasteiger partial charge in [-0.15, -0.1) is 0 Å². The molecule has 0 bridgehead atoms. The second-order valence-electron chi connectivity index (χ2n) is 5.70. The third-order valence-electron chi connectivity index (χ3n) is 3.70. The molecule has 0 aliphatic carbocycles. The molecule has 23 heavy (non-hydrogen) atoms. The average molecular weight is 313 g/mol. The van der Waals surface area contributed by atoms with Crippen LogP contribution >= 0.6 is 0 Å². The SMILES string of the molecule is Cc1ccc(NCCCOc2c(C)cccc2C)c(C(=O)O)c1. The van der Waals surface area contributed by atoms with Gasteiger partial charge in [0.2, 0.25) is 0 Å². The van der Waals surface area contributed by atoms with E-state index in [9.17, 15) is 9.90 Å². The van der Waals surface area contributed by atoms with E-state index in [4.69, 9.17) is 4.74 Å². The van der Waals surface area contributed by atoms with Crippen LogP contribution in [-0.4, -0.2) is 24.2 Å². The fraction of sp³-hybridized carbons (Fsp3) is 0.316. The van der Waals surface area contributed by atoms with Crippen LogP contribution in [0.3, 0.4) is 0 Å². The number of aryl methyl sites for hydroxylation is 3. The van der Waals surface area contributed by atoms with Gasteiger partial charge in [0, 0.05) is 12.2 Å². The maximum Gasteiger partial charge on any atom is 0.337 e. The molecule has 0 aliphatic rings. The van der Waals surface area contributed by atoms with Crippen LogP contribution in [0.25, 0.3) is 0 Å². The van der Waals surface area contributed by atoms with Crippen molar-refractivity contribution in [3.05, 3.63) is 58.7 Å². The highest BCUT2D eigenvalue weighted by Crippen LogP contribution is 2.22. The average Bonchev–Trinajstić information content (AvgIpc) is 2.50. The number of ether oxygens (including phenoxy) is 1. The summed E-state index contributed by atoms with van der Waals surface area (Å²) >= 11 is 0. The molecule has 0 radical (unpaired) electrons. The van der Waals surface area contributed by atoms with E-state index >= 15 is 0 Å². The molecule has 0 amide bonds. The van der Waals surface area contributed by atoms with Crippen LogP contribution in [0.2, 0.25) is 0 Å². The second-order valence-corrected chi connectivity index (χ2v) is 5.70. The summed E-state index contributed by atoms with van der Waals surface area (Å²) < 4.78 is 5.85. The fourth-order valence-corrected chi connectivity index (χ4v) is 2.49. The molecule has 0 fully saturated rings. The number of anilines is 1. The highest BCUT2D eigenvalue weighted by Gasteiger charge is 2.09. The lowest BCUT2D eigenvalue weighted by Crippen LogP contribution is -2.11.